The van der Waals surface area contributed by atoms with Gasteiger partial charge in [0.15, 0.2) is 0 Å². The zero-order valence-corrected chi connectivity index (χ0v) is 10.3. The summed E-state index contributed by atoms with van der Waals surface area (Å²) in [6, 6.07) is 3.24. The van der Waals surface area contributed by atoms with Gasteiger partial charge in [-0.05, 0) is 35.0 Å². The molecule has 0 saturated heterocycles. The first-order valence-corrected chi connectivity index (χ1v) is 5.46. The Morgan fingerprint density at radius 1 is 1.50 bits per heavy atom. The Morgan fingerprint density at radius 2 is 2.19 bits per heavy atom. The fraction of sp³-hybridized carbons (Fsp3) is 0.300. The molecule has 1 amide bonds. The van der Waals surface area contributed by atoms with E-state index in [1.54, 1.807) is 19.1 Å². The van der Waals surface area contributed by atoms with Gasteiger partial charge in [-0.15, -0.1) is 0 Å². The molecule has 0 fully saturated rings. The molecule has 0 bridgehead atoms. The summed E-state index contributed by atoms with van der Waals surface area (Å²) in [5.41, 5.74) is 0.242. The summed E-state index contributed by atoms with van der Waals surface area (Å²) in [5.74, 6) is -1.41. The van der Waals surface area contributed by atoms with Gasteiger partial charge in [0.1, 0.15) is 12.2 Å². The lowest BCUT2D eigenvalue weighted by Gasteiger charge is -2.17. The smallest absolute Gasteiger partial charge is 0.323 e. The van der Waals surface area contributed by atoms with Crippen molar-refractivity contribution in [1.29, 1.82) is 0 Å². The first-order valence-electron chi connectivity index (χ1n) is 4.67. The number of carbonyl (C=O) groups excluding carboxylic acids is 1. The second kappa shape index (κ2) is 5.60. The van der Waals surface area contributed by atoms with Crippen LogP contribution < -0.4 is 0 Å². The molecule has 86 valence electrons. The summed E-state index contributed by atoms with van der Waals surface area (Å²) >= 11 is 3.21. The van der Waals surface area contributed by atoms with Crippen LogP contribution in [0.15, 0.2) is 22.8 Å². The summed E-state index contributed by atoms with van der Waals surface area (Å²) in [6.07, 6.45) is 1.50. The number of likely N-dealkylation sites (N-methyl/N-ethyl adjacent to an activating group) is 1. The van der Waals surface area contributed by atoms with Crippen molar-refractivity contribution in [3.63, 3.8) is 0 Å². The van der Waals surface area contributed by atoms with Crippen molar-refractivity contribution >= 4 is 27.8 Å². The van der Waals surface area contributed by atoms with Gasteiger partial charge < -0.3 is 10.0 Å². The highest BCUT2D eigenvalue weighted by Crippen LogP contribution is 2.09. The van der Waals surface area contributed by atoms with Crippen molar-refractivity contribution in [3.05, 3.63) is 28.5 Å². The second-order valence-corrected chi connectivity index (χ2v) is 3.99. The number of hydrogen-bond acceptors (Lipinski definition) is 3. The van der Waals surface area contributed by atoms with E-state index in [0.29, 0.717) is 6.54 Å². The minimum atomic E-state index is -1.03. The van der Waals surface area contributed by atoms with Gasteiger partial charge in [0.25, 0.3) is 5.91 Å². The largest absolute Gasteiger partial charge is 0.480 e. The number of hydrogen-bond donors (Lipinski definition) is 1. The van der Waals surface area contributed by atoms with Crippen molar-refractivity contribution in [3.8, 4) is 0 Å². The van der Waals surface area contributed by atoms with Crippen molar-refractivity contribution in [2.45, 2.75) is 6.92 Å². The molecule has 0 spiro atoms. The van der Waals surface area contributed by atoms with Crippen molar-refractivity contribution in [2.75, 3.05) is 13.1 Å². The molecular formula is C10H11BrN2O3. The number of carboxylic acids is 1. The Kier molecular flexibility index (Phi) is 4.42. The number of carbonyl (C=O) groups is 2. The molecule has 0 aliphatic carbocycles. The number of pyridine rings is 1. The molecule has 0 radical (unpaired) electrons. The number of nitrogens with zero attached hydrogens (tertiary/aromatic N) is 2. The molecule has 0 saturated carbocycles. The predicted molar refractivity (Wildman–Crippen MR) is 61.2 cm³/mol. The van der Waals surface area contributed by atoms with Gasteiger partial charge in [0.2, 0.25) is 0 Å². The van der Waals surface area contributed by atoms with E-state index in [1.165, 1.54) is 11.1 Å². The maximum absolute atomic E-state index is 11.8. The Hall–Kier alpha value is -1.43. The minimum absolute atomic E-state index is 0.242. The van der Waals surface area contributed by atoms with Crippen molar-refractivity contribution < 1.29 is 14.7 Å². The van der Waals surface area contributed by atoms with Crippen LogP contribution >= 0.6 is 15.9 Å². The lowest BCUT2D eigenvalue weighted by atomic mass is 10.3. The summed E-state index contributed by atoms with van der Waals surface area (Å²) in [4.78, 5) is 27.5. The normalized spacial score (nSPS) is 9.88. The van der Waals surface area contributed by atoms with E-state index in [-0.39, 0.29) is 18.1 Å². The Bertz CT molecular complexity index is 392. The molecule has 1 rings (SSSR count). The molecule has 5 nitrogen and oxygen atoms in total. The maximum Gasteiger partial charge on any atom is 0.323 e. The first kappa shape index (κ1) is 12.6. The number of halogens is 1. The SMILES string of the molecule is CCN(CC(=O)O)C(=O)c1ccc(Br)cn1. The van der Waals surface area contributed by atoms with E-state index < -0.39 is 5.97 Å². The Balaban J connectivity index is 2.82. The van der Waals surface area contributed by atoms with Gasteiger partial charge in [0.05, 0.1) is 0 Å². The molecule has 1 heterocycles. The summed E-state index contributed by atoms with van der Waals surface area (Å²) in [7, 11) is 0. The van der Waals surface area contributed by atoms with Crippen LogP contribution in [0.3, 0.4) is 0 Å². The topological polar surface area (TPSA) is 70.5 Å². The van der Waals surface area contributed by atoms with Gasteiger partial charge in [-0.2, -0.15) is 0 Å². The number of aromatic nitrogens is 1. The minimum Gasteiger partial charge on any atom is -0.480 e. The van der Waals surface area contributed by atoms with Gasteiger partial charge in [-0.3, -0.25) is 9.59 Å². The van der Waals surface area contributed by atoms with E-state index in [4.69, 9.17) is 5.11 Å². The zero-order chi connectivity index (χ0) is 12.1. The summed E-state index contributed by atoms with van der Waals surface area (Å²) in [5, 5.41) is 8.63. The molecule has 16 heavy (non-hydrogen) atoms. The Morgan fingerprint density at radius 3 is 2.62 bits per heavy atom. The average Bonchev–Trinajstić information content (AvgIpc) is 2.25. The second-order valence-electron chi connectivity index (χ2n) is 3.07. The molecule has 0 aliphatic rings. The van der Waals surface area contributed by atoms with Crippen LogP contribution in [0.25, 0.3) is 0 Å². The quantitative estimate of drug-likeness (QED) is 0.908. The summed E-state index contributed by atoms with van der Waals surface area (Å²) < 4.78 is 0.769. The molecule has 6 heteroatoms. The molecular weight excluding hydrogens is 276 g/mol. The lowest BCUT2D eigenvalue weighted by Crippen LogP contribution is -2.35. The third-order valence-corrected chi connectivity index (χ3v) is 2.41. The molecule has 1 aromatic rings. The van der Waals surface area contributed by atoms with Gasteiger partial charge in [0, 0.05) is 17.2 Å². The van der Waals surface area contributed by atoms with Gasteiger partial charge in [-0.25, -0.2) is 4.98 Å². The van der Waals surface area contributed by atoms with E-state index >= 15 is 0 Å². The van der Waals surface area contributed by atoms with E-state index in [2.05, 4.69) is 20.9 Å². The fourth-order valence-electron chi connectivity index (χ4n) is 1.15. The highest BCUT2D eigenvalue weighted by atomic mass is 79.9. The number of carboxylic acid groups (broad SMARTS) is 1. The highest BCUT2D eigenvalue weighted by Gasteiger charge is 2.17. The van der Waals surface area contributed by atoms with E-state index in [9.17, 15) is 9.59 Å². The third kappa shape index (κ3) is 3.30. The Labute approximate surface area is 101 Å². The first-order chi connectivity index (χ1) is 7.54. The number of aliphatic carboxylic acids is 1. The molecule has 0 aliphatic heterocycles. The van der Waals surface area contributed by atoms with Crippen molar-refractivity contribution in [1.82, 2.24) is 9.88 Å². The molecule has 1 N–H and O–H groups in total. The highest BCUT2D eigenvalue weighted by molar-refractivity contribution is 9.10. The van der Waals surface area contributed by atoms with Crippen LogP contribution in [0.4, 0.5) is 0 Å². The van der Waals surface area contributed by atoms with Crippen LogP contribution in [0, 0.1) is 0 Å². The van der Waals surface area contributed by atoms with Crippen LogP contribution in [-0.4, -0.2) is 40.0 Å². The molecule has 0 aromatic carbocycles. The average molecular weight is 287 g/mol. The third-order valence-electron chi connectivity index (χ3n) is 1.94. The fourth-order valence-corrected chi connectivity index (χ4v) is 1.39. The van der Waals surface area contributed by atoms with Crippen LogP contribution in [0.2, 0.25) is 0 Å². The number of amides is 1. The van der Waals surface area contributed by atoms with Crippen LogP contribution in [0.5, 0.6) is 0 Å². The molecule has 0 atom stereocenters. The molecule has 0 unspecified atom stereocenters. The predicted octanol–water partition coefficient (Wildman–Crippen LogP) is 1.39. The van der Waals surface area contributed by atoms with E-state index in [0.717, 1.165) is 4.47 Å². The van der Waals surface area contributed by atoms with Crippen molar-refractivity contribution in [2.24, 2.45) is 0 Å². The maximum atomic E-state index is 11.8. The number of rotatable bonds is 4. The molecule has 1 aromatic heterocycles. The summed E-state index contributed by atoms with van der Waals surface area (Å²) in [6.45, 7) is 1.75. The standard InChI is InChI=1S/C10H11BrN2O3/c1-2-13(6-9(14)15)10(16)8-4-3-7(11)5-12-8/h3-5H,2,6H2,1H3,(H,14,15). The monoisotopic (exact) mass is 286 g/mol. The van der Waals surface area contributed by atoms with Gasteiger partial charge in [-0.1, -0.05) is 0 Å². The van der Waals surface area contributed by atoms with Crippen LogP contribution in [0.1, 0.15) is 17.4 Å². The van der Waals surface area contributed by atoms with Crippen LogP contribution in [-0.2, 0) is 4.79 Å². The zero-order valence-electron chi connectivity index (χ0n) is 8.68. The van der Waals surface area contributed by atoms with E-state index in [1.807, 2.05) is 0 Å². The lowest BCUT2D eigenvalue weighted by molar-refractivity contribution is -0.137. The van der Waals surface area contributed by atoms with Gasteiger partial charge >= 0.3 is 5.97 Å².